The minimum Gasteiger partial charge on any atom is -0.397 e. The van der Waals surface area contributed by atoms with Crippen LogP contribution in [0.4, 0.5) is 5.69 Å². The third-order valence-corrected chi connectivity index (χ3v) is 3.13. The van der Waals surface area contributed by atoms with Crippen LogP contribution >= 0.6 is 0 Å². The van der Waals surface area contributed by atoms with Crippen LogP contribution in [0.2, 0.25) is 0 Å². The predicted molar refractivity (Wildman–Crippen MR) is 80.1 cm³/mol. The molecule has 0 radical (unpaired) electrons. The minimum absolute atomic E-state index is 0.0388. The first-order chi connectivity index (χ1) is 9.58. The fourth-order valence-electron chi connectivity index (χ4n) is 2.05. The van der Waals surface area contributed by atoms with Crippen LogP contribution in [-0.2, 0) is 0 Å². The number of aromatic nitrogens is 1. The summed E-state index contributed by atoms with van der Waals surface area (Å²) in [5.41, 5.74) is 7.58. The van der Waals surface area contributed by atoms with Gasteiger partial charge in [0.1, 0.15) is 5.69 Å². The van der Waals surface area contributed by atoms with E-state index in [0.717, 1.165) is 5.56 Å². The third-order valence-electron chi connectivity index (χ3n) is 3.13. The van der Waals surface area contributed by atoms with E-state index in [1.807, 2.05) is 30.3 Å². The number of hydrogen-bond donors (Lipinski definition) is 2. The van der Waals surface area contributed by atoms with Crippen molar-refractivity contribution in [1.29, 1.82) is 0 Å². The van der Waals surface area contributed by atoms with E-state index >= 15 is 0 Å². The van der Waals surface area contributed by atoms with E-state index in [1.165, 1.54) is 6.20 Å². The van der Waals surface area contributed by atoms with Gasteiger partial charge in [-0.2, -0.15) is 0 Å². The Morgan fingerprint density at radius 2 is 1.85 bits per heavy atom. The summed E-state index contributed by atoms with van der Waals surface area (Å²) in [7, 11) is 0. The lowest BCUT2D eigenvalue weighted by Gasteiger charge is -2.22. The number of amides is 1. The summed E-state index contributed by atoms with van der Waals surface area (Å²) in [5, 5.41) is 3.03. The van der Waals surface area contributed by atoms with E-state index in [2.05, 4.69) is 24.1 Å². The zero-order chi connectivity index (χ0) is 14.5. The number of carbonyl (C=O) groups is 1. The summed E-state index contributed by atoms with van der Waals surface area (Å²) >= 11 is 0. The summed E-state index contributed by atoms with van der Waals surface area (Å²) in [6, 6.07) is 13.2. The van der Waals surface area contributed by atoms with Gasteiger partial charge in [-0.25, -0.2) is 4.98 Å². The molecular formula is C16H19N3O. The van der Waals surface area contributed by atoms with Gasteiger partial charge >= 0.3 is 0 Å². The van der Waals surface area contributed by atoms with Crippen LogP contribution < -0.4 is 11.1 Å². The molecule has 0 saturated carbocycles. The highest BCUT2D eigenvalue weighted by Gasteiger charge is 2.19. The molecule has 20 heavy (non-hydrogen) atoms. The zero-order valence-electron chi connectivity index (χ0n) is 11.7. The molecule has 0 spiro atoms. The fourth-order valence-corrected chi connectivity index (χ4v) is 2.05. The molecule has 1 atom stereocenters. The molecular weight excluding hydrogens is 250 g/mol. The van der Waals surface area contributed by atoms with Crippen molar-refractivity contribution in [3.8, 4) is 0 Å². The molecule has 0 aliphatic rings. The van der Waals surface area contributed by atoms with Gasteiger partial charge in [-0.15, -0.1) is 0 Å². The second-order valence-corrected chi connectivity index (χ2v) is 5.08. The molecule has 4 heteroatoms. The number of benzene rings is 1. The molecule has 104 valence electrons. The molecule has 3 N–H and O–H groups in total. The second-order valence-electron chi connectivity index (χ2n) is 5.08. The molecule has 4 nitrogen and oxygen atoms in total. The molecule has 2 aromatic rings. The van der Waals surface area contributed by atoms with Crippen molar-refractivity contribution in [3.63, 3.8) is 0 Å². The Kier molecular flexibility index (Phi) is 4.35. The number of rotatable bonds is 4. The summed E-state index contributed by atoms with van der Waals surface area (Å²) < 4.78 is 0. The standard InChI is InChI=1S/C16H19N3O/c1-11(2)15(12-6-4-3-5-7-12)19-16(20)14-9-8-13(17)10-18-14/h3-11,15H,17H2,1-2H3,(H,19,20). The van der Waals surface area contributed by atoms with Crippen molar-refractivity contribution in [1.82, 2.24) is 10.3 Å². The van der Waals surface area contributed by atoms with Crippen LogP contribution in [0.25, 0.3) is 0 Å². The van der Waals surface area contributed by atoms with Crippen molar-refractivity contribution < 1.29 is 4.79 Å². The van der Waals surface area contributed by atoms with E-state index in [-0.39, 0.29) is 17.9 Å². The van der Waals surface area contributed by atoms with E-state index in [4.69, 9.17) is 5.73 Å². The van der Waals surface area contributed by atoms with Crippen molar-refractivity contribution in [2.75, 3.05) is 5.73 Å². The van der Waals surface area contributed by atoms with Gasteiger partial charge in [0.05, 0.1) is 17.9 Å². The molecule has 1 aromatic heterocycles. The molecule has 1 heterocycles. The molecule has 0 aliphatic carbocycles. The number of pyridine rings is 1. The number of hydrogen-bond acceptors (Lipinski definition) is 3. The second kappa shape index (κ2) is 6.19. The summed E-state index contributed by atoms with van der Waals surface area (Å²) in [5.74, 6) is 0.0997. The lowest BCUT2D eigenvalue weighted by molar-refractivity contribution is 0.0920. The number of nitrogens with one attached hydrogen (secondary N) is 1. The highest BCUT2D eigenvalue weighted by molar-refractivity contribution is 5.92. The summed E-state index contributed by atoms with van der Waals surface area (Å²) in [6.07, 6.45) is 1.49. The average molecular weight is 269 g/mol. The Morgan fingerprint density at radius 3 is 2.40 bits per heavy atom. The number of nitrogen functional groups attached to an aromatic ring is 1. The van der Waals surface area contributed by atoms with E-state index in [1.54, 1.807) is 12.1 Å². The molecule has 0 aliphatic heterocycles. The number of nitrogens with zero attached hydrogens (tertiary/aromatic N) is 1. The number of anilines is 1. The first kappa shape index (κ1) is 14.1. The maximum absolute atomic E-state index is 12.2. The van der Waals surface area contributed by atoms with Gasteiger partial charge in [-0.3, -0.25) is 4.79 Å². The van der Waals surface area contributed by atoms with Gasteiger partial charge in [0.2, 0.25) is 0 Å². The van der Waals surface area contributed by atoms with Crippen LogP contribution in [-0.4, -0.2) is 10.9 Å². The largest absolute Gasteiger partial charge is 0.397 e. The van der Waals surface area contributed by atoms with Gasteiger partial charge in [0.25, 0.3) is 5.91 Å². The molecule has 0 saturated heterocycles. The maximum Gasteiger partial charge on any atom is 0.270 e. The van der Waals surface area contributed by atoms with Gasteiger partial charge in [0, 0.05) is 0 Å². The molecule has 1 amide bonds. The Balaban J connectivity index is 2.17. The minimum atomic E-state index is -0.187. The lowest BCUT2D eigenvalue weighted by atomic mass is 9.96. The quantitative estimate of drug-likeness (QED) is 0.896. The molecule has 0 bridgehead atoms. The van der Waals surface area contributed by atoms with Crippen molar-refractivity contribution in [2.24, 2.45) is 5.92 Å². The summed E-state index contributed by atoms with van der Waals surface area (Å²) in [4.78, 5) is 16.3. The molecule has 2 rings (SSSR count). The van der Waals surface area contributed by atoms with Crippen LogP contribution in [0, 0.1) is 5.92 Å². The first-order valence-corrected chi connectivity index (χ1v) is 6.65. The Labute approximate surface area is 119 Å². The van der Waals surface area contributed by atoms with Gasteiger partial charge < -0.3 is 11.1 Å². The van der Waals surface area contributed by atoms with Crippen molar-refractivity contribution in [3.05, 3.63) is 59.9 Å². The van der Waals surface area contributed by atoms with E-state index in [0.29, 0.717) is 11.4 Å². The monoisotopic (exact) mass is 269 g/mol. The predicted octanol–water partition coefficient (Wildman–Crippen LogP) is 2.79. The number of carbonyl (C=O) groups excluding carboxylic acids is 1. The first-order valence-electron chi connectivity index (χ1n) is 6.65. The normalized spacial score (nSPS) is 12.2. The molecule has 0 fully saturated rings. The van der Waals surface area contributed by atoms with E-state index in [9.17, 15) is 4.79 Å². The van der Waals surface area contributed by atoms with E-state index < -0.39 is 0 Å². The smallest absolute Gasteiger partial charge is 0.270 e. The summed E-state index contributed by atoms with van der Waals surface area (Å²) in [6.45, 7) is 4.16. The van der Waals surface area contributed by atoms with Crippen molar-refractivity contribution >= 4 is 11.6 Å². The molecule has 1 unspecified atom stereocenters. The average Bonchev–Trinajstić information content (AvgIpc) is 2.46. The highest BCUT2D eigenvalue weighted by Crippen LogP contribution is 2.21. The van der Waals surface area contributed by atoms with Gasteiger partial charge in [-0.05, 0) is 23.6 Å². The third kappa shape index (κ3) is 3.35. The fraction of sp³-hybridized carbons (Fsp3) is 0.250. The Hall–Kier alpha value is -2.36. The maximum atomic E-state index is 12.2. The highest BCUT2D eigenvalue weighted by atomic mass is 16.1. The van der Waals surface area contributed by atoms with Crippen LogP contribution in [0.1, 0.15) is 35.9 Å². The van der Waals surface area contributed by atoms with Crippen LogP contribution in [0.5, 0.6) is 0 Å². The zero-order valence-corrected chi connectivity index (χ0v) is 11.7. The topological polar surface area (TPSA) is 68.0 Å². The van der Waals surface area contributed by atoms with Gasteiger partial charge in [0.15, 0.2) is 0 Å². The van der Waals surface area contributed by atoms with Crippen molar-refractivity contribution in [2.45, 2.75) is 19.9 Å². The Morgan fingerprint density at radius 1 is 1.15 bits per heavy atom. The lowest BCUT2D eigenvalue weighted by Crippen LogP contribution is -2.32. The number of nitrogens with two attached hydrogens (primary N) is 1. The van der Waals surface area contributed by atoms with Crippen LogP contribution in [0.3, 0.4) is 0 Å². The SMILES string of the molecule is CC(C)C(NC(=O)c1ccc(N)cn1)c1ccccc1. The van der Waals surface area contributed by atoms with Crippen LogP contribution in [0.15, 0.2) is 48.7 Å². The van der Waals surface area contributed by atoms with Gasteiger partial charge in [-0.1, -0.05) is 44.2 Å². The molecule has 1 aromatic carbocycles. The Bertz CT molecular complexity index is 564.